The number of ether oxygens (including phenoxy) is 2. The topological polar surface area (TPSA) is 95.1 Å². The van der Waals surface area contributed by atoms with Crippen molar-refractivity contribution in [2.24, 2.45) is 19.1 Å². The van der Waals surface area contributed by atoms with Gasteiger partial charge in [-0.05, 0) is 42.8 Å². The van der Waals surface area contributed by atoms with Crippen LogP contribution in [-0.2, 0) is 24.6 Å². The lowest BCUT2D eigenvalue weighted by molar-refractivity contribution is -0.113. The standard InChI is InChI=1S/C25H22N4O5S/c1-15-4-7-17(8-5-15)29-23(31)19(10-16-6-9-20-21(11-16)34-14-33-20)26-24(29)35-13-18-12-22(30)28(3)25(32)27(18)2/h4-12H,13-14H2,1-3H3/b19-10+. The zero-order chi connectivity index (χ0) is 24.7. The number of aromatic nitrogens is 2. The van der Waals surface area contributed by atoms with Gasteiger partial charge in [0.1, 0.15) is 5.70 Å². The smallest absolute Gasteiger partial charge is 0.330 e. The number of rotatable bonds is 4. The molecule has 0 unspecified atom stereocenters. The maximum Gasteiger partial charge on any atom is 0.330 e. The second-order valence-corrected chi connectivity index (χ2v) is 9.12. The predicted molar refractivity (Wildman–Crippen MR) is 135 cm³/mol. The van der Waals surface area contributed by atoms with Crippen molar-refractivity contribution < 1.29 is 14.3 Å². The highest BCUT2D eigenvalue weighted by Gasteiger charge is 2.32. The van der Waals surface area contributed by atoms with Gasteiger partial charge in [-0.1, -0.05) is 35.5 Å². The fraction of sp³-hybridized carbons (Fsp3) is 0.200. The number of anilines is 1. The van der Waals surface area contributed by atoms with Gasteiger partial charge in [-0.25, -0.2) is 9.79 Å². The summed E-state index contributed by atoms with van der Waals surface area (Å²) in [6.07, 6.45) is 1.70. The molecular formula is C25H22N4O5S. The number of amides is 1. The van der Waals surface area contributed by atoms with Crippen molar-refractivity contribution in [3.63, 3.8) is 0 Å². The molecular weight excluding hydrogens is 468 g/mol. The minimum atomic E-state index is -0.406. The lowest BCUT2D eigenvalue weighted by Gasteiger charge is -2.18. The van der Waals surface area contributed by atoms with Crippen molar-refractivity contribution in [3.05, 3.63) is 91.9 Å². The number of benzene rings is 2. The molecule has 1 aromatic heterocycles. The van der Waals surface area contributed by atoms with Crippen LogP contribution in [0.3, 0.4) is 0 Å². The van der Waals surface area contributed by atoms with Gasteiger partial charge < -0.3 is 9.47 Å². The van der Waals surface area contributed by atoms with E-state index in [0.29, 0.717) is 28.0 Å². The van der Waals surface area contributed by atoms with Gasteiger partial charge in [-0.2, -0.15) is 0 Å². The van der Waals surface area contributed by atoms with Gasteiger partial charge in [-0.3, -0.25) is 23.6 Å². The zero-order valence-corrected chi connectivity index (χ0v) is 20.2. The van der Waals surface area contributed by atoms with Crippen molar-refractivity contribution >= 4 is 34.6 Å². The molecule has 5 rings (SSSR count). The van der Waals surface area contributed by atoms with Gasteiger partial charge in [0.15, 0.2) is 16.7 Å². The molecule has 10 heteroatoms. The van der Waals surface area contributed by atoms with Crippen LogP contribution in [0, 0.1) is 6.92 Å². The van der Waals surface area contributed by atoms with Crippen molar-refractivity contribution in [2.45, 2.75) is 12.7 Å². The Labute approximate surface area is 204 Å². The third kappa shape index (κ3) is 4.28. The molecule has 0 saturated carbocycles. The molecule has 2 aliphatic rings. The molecule has 3 aromatic rings. The van der Waals surface area contributed by atoms with E-state index in [-0.39, 0.29) is 29.7 Å². The largest absolute Gasteiger partial charge is 0.454 e. The molecule has 0 spiro atoms. The first-order chi connectivity index (χ1) is 16.8. The van der Waals surface area contributed by atoms with Crippen molar-refractivity contribution in [1.82, 2.24) is 9.13 Å². The van der Waals surface area contributed by atoms with E-state index >= 15 is 0 Å². The first kappa shape index (κ1) is 22.7. The number of fused-ring (bicyclic) bond motifs is 1. The molecule has 0 fully saturated rings. The number of carbonyl (C=O) groups excluding carboxylic acids is 1. The SMILES string of the molecule is Cc1ccc(N2C(=O)/C(=C\c3ccc4c(c3)OCO4)N=C2SCc2cc(=O)n(C)c(=O)n2C)cc1. The van der Waals surface area contributed by atoms with Crippen LogP contribution in [0.5, 0.6) is 11.5 Å². The van der Waals surface area contributed by atoms with Gasteiger partial charge in [0, 0.05) is 31.6 Å². The Bertz CT molecular complexity index is 1520. The van der Waals surface area contributed by atoms with Crippen molar-refractivity contribution in [1.29, 1.82) is 0 Å². The third-order valence-corrected chi connectivity index (χ3v) is 6.77. The number of hydrogen-bond acceptors (Lipinski definition) is 7. The van der Waals surface area contributed by atoms with Crippen LogP contribution >= 0.6 is 11.8 Å². The Kier molecular flexibility index (Phi) is 5.81. The molecule has 2 aromatic carbocycles. The van der Waals surface area contributed by atoms with Gasteiger partial charge in [0.2, 0.25) is 6.79 Å². The first-order valence-electron chi connectivity index (χ1n) is 10.8. The fourth-order valence-corrected chi connectivity index (χ4v) is 4.76. The maximum absolute atomic E-state index is 13.4. The lowest BCUT2D eigenvalue weighted by atomic mass is 10.1. The van der Waals surface area contributed by atoms with E-state index in [4.69, 9.17) is 9.47 Å². The first-order valence-corrected chi connectivity index (χ1v) is 11.8. The Morgan fingerprint density at radius 3 is 2.49 bits per heavy atom. The van der Waals surface area contributed by atoms with Crippen LogP contribution in [0.25, 0.3) is 6.08 Å². The molecule has 1 amide bonds. The molecule has 9 nitrogen and oxygen atoms in total. The lowest BCUT2D eigenvalue weighted by Crippen LogP contribution is -2.38. The summed E-state index contributed by atoms with van der Waals surface area (Å²) in [6.45, 7) is 2.14. The second kappa shape index (κ2) is 8.95. The number of nitrogens with zero attached hydrogens (tertiary/aromatic N) is 4. The highest BCUT2D eigenvalue weighted by molar-refractivity contribution is 8.13. The van der Waals surface area contributed by atoms with E-state index in [2.05, 4.69) is 4.99 Å². The molecule has 0 saturated heterocycles. The molecule has 178 valence electrons. The van der Waals surface area contributed by atoms with E-state index in [1.165, 1.54) is 29.4 Å². The van der Waals surface area contributed by atoms with Crippen LogP contribution in [0.1, 0.15) is 16.8 Å². The highest BCUT2D eigenvalue weighted by atomic mass is 32.2. The van der Waals surface area contributed by atoms with E-state index in [1.807, 2.05) is 37.3 Å². The molecule has 2 aliphatic heterocycles. The Morgan fingerprint density at radius 2 is 1.71 bits per heavy atom. The summed E-state index contributed by atoms with van der Waals surface area (Å²) < 4.78 is 13.3. The van der Waals surface area contributed by atoms with Crippen LogP contribution in [-0.4, -0.2) is 27.0 Å². The summed E-state index contributed by atoms with van der Waals surface area (Å²) in [7, 11) is 3.05. The van der Waals surface area contributed by atoms with Gasteiger partial charge in [0.05, 0.1) is 5.69 Å². The monoisotopic (exact) mass is 490 g/mol. The van der Waals surface area contributed by atoms with Gasteiger partial charge >= 0.3 is 5.69 Å². The highest BCUT2D eigenvalue weighted by Crippen LogP contribution is 2.35. The number of carbonyl (C=O) groups is 1. The number of amidine groups is 1. The summed E-state index contributed by atoms with van der Waals surface area (Å²) in [5.74, 6) is 1.29. The minimum Gasteiger partial charge on any atom is -0.454 e. The normalized spacial score (nSPS) is 15.7. The summed E-state index contributed by atoms with van der Waals surface area (Å²) in [4.78, 5) is 44.0. The number of hydrogen-bond donors (Lipinski definition) is 0. The van der Waals surface area contributed by atoms with Crippen molar-refractivity contribution in [2.75, 3.05) is 11.7 Å². The zero-order valence-electron chi connectivity index (χ0n) is 19.3. The molecule has 35 heavy (non-hydrogen) atoms. The Hall–Kier alpha value is -4.05. The summed E-state index contributed by atoms with van der Waals surface area (Å²) in [5, 5.41) is 0.457. The van der Waals surface area contributed by atoms with Crippen LogP contribution in [0.15, 0.2) is 68.8 Å². The molecule has 0 aliphatic carbocycles. The van der Waals surface area contributed by atoms with Crippen LogP contribution in [0.4, 0.5) is 5.69 Å². The number of aryl methyl sites for hydroxylation is 1. The quantitative estimate of drug-likeness (QED) is 0.522. The maximum atomic E-state index is 13.4. The van der Waals surface area contributed by atoms with Crippen LogP contribution < -0.4 is 25.6 Å². The third-order valence-electron chi connectivity index (χ3n) is 5.80. The average molecular weight is 491 g/mol. The predicted octanol–water partition coefficient (Wildman–Crippen LogP) is 2.80. The van der Waals surface area contributed by atoms with Crippen LogP contribution in [0.2, 0.25) is 0 Å². The number of thioether (sulfide) groups is 1. The van der Waals surface area contributed by atoms with Gasteiger partial charge in [-0.15, -0.1) is 0 Å². The van der Waals surface area contributed by atoms with E-state index < -0.39 is 5.69 Å². The second-order valence-electron chi connectivity index (χ2n) is 8.18. The van der Waals surface area contributed by atoms with E-state index in [1.54, 1.807) is 30.2 Å². The van der Waals surface area contributed by atoms with E-state index in [9.17, 15) is 14.4 Å². The average Bonchev–Trinajstić information content (AvgIpc) is 3.44. The molecule has 3 heterocycles. The molecule has 0 N–H and O–H groups in total. The molecule has 0 bridgehead atoms. The van der Waals surface area contributed by atoms with Gasteiger partial charge in [0.25, 0.3) is 11.5 Å². The summed E-state index contributed by atoms with van der Waals surface area (Å²) >= 11 is 1.28. The Morgan fingerprint density at radius 1 is 0.971 bits per heavy atom. The number of aliphatic imine (C=N–C) groups is 1. The summed E-state index contributed by atoms with van der Waals surface area (Å²) in [5.41, 5.74) is 2.52. The summed E-state index contributed by atoms with van der Waals surface area (Å²) in [6, 6.07) is 14.4. The van der Waals surface area contributed by atoms with Crippen molar-refractivity contribution in [3.8, 4) is 11.5 Å². The molecule has 0 atom stereocenters. The van der Waals surface area contributed by atoms with E-state index in [0.717, 1.165) is 15.7 Å². The molecule has 0 radical (unpaired) electrons. The Balaban J connectivity index is 1.50. The minimum absolute atomic E-state index is 0.166. The fourth-order valence-electron chi connectivity index (χ4n) is 3.73.